The quantitative estimate of drug-likeness (QED) is 0.605. The summed E-state index contributed by atoms with van der Waals surface area (Å²) in [6.45, 7) is 8.81. The summed E-state index contributed by atoms with van der Waals surface area (Å²) in [5.41, 5.74) is 1.78. The largest absolute Gasteiger partial charge is 0.458 e. The number of carbonyl (C=O) groups is 2. The summed E-state index contributed by atoms with van der Waals surface area (Å²) >= 11 is 0. The summed E-state index contributed by atoms with van der Waals surface area (Å²) in [4.78, 5) is 35.1. The lowest BCUT2D eigenvalue weighted by Gasteiger charge is -2.16. The van der Waals surface area contributed by atoms with Crippen molar-refractivity contribution in [3.63, 3.8) is 0 Å². The van der Waals surface area contributed by atoms with Crippen molar-refractivity contribution in [2.75, 3.05) is 25.0 Å². The number of hydrogen-bond acceptors (Lipinski definition) is 7. The van der Waals surface area contributed by atoms with Gasteiger partial charge in [-0.2, -0.15) is 5.10 Å². The van der Waals surface area contributed by atoms with Crippen LogP contribution < -0.4 is 10.6 Å². The Kier molecular flexibility index (Phi) is 6.04. The Bertz CT molecular complexity index is 1150. The molecule has 4 heterocycles. The SMILES string of the molecule is CC(=O)N[C@@H]1CCN(CC(=O)Nc2cc(-n3nc(C)cc3C)nc(-c3ccc(C)o3)n2)C1. The molecule has 3 aromatic heterocycles. The predicted molar refractivity (Wildman–Crippen MR) is 118 cm³/mol. The van der Waals surface area contributed by atoms with E-state index in [1.165, 1.54) is 6.92 Å². The number of aryl methyl sites for hydroxylation is 3. The zero-order valence-electron chi connectivity index (χ0n) is 18.7. The van der Waals surface area contributed by atoms with Crippen LogP contribution in [-0.2, 0) is 9.59 Å². The Balaban J connectivity index is 1.55. The molecule has 168 valence electrons. The monoisotopic (exact) mass is 437 g/mol. The van der Waals surface area contributed by atoms with Crippen LogP contribution in [0.3, 0.4) is 0 Å². The molecule has 1 saturated heterocycles. The van der Waals surface area contributed by atoms with Crippen LogP contribution in [0.5, 0.6) is 0 Å². The van der Waals surface area contributed by atoms with Gasteiger partial charge in [-0.25, -0.2) is 14.6 Å². The molecule has 0 spiro atoms. The van der Waals surface area contributed by atoms with E-state index in [4.69, 9.17) is 4.42 Å². The van der Waals surface area contributed by atoms with Crippen molar-refractivity contribution in [3.8, 4) is 17.4 Å². The van der Waals surface area contributed by atoms with Crippen molar-refractivity contribution in [1.82, 2.24) is 30.0 Å². The Labute approximate surface area is 186 Å². The third-order valence-corrected chi connectivity index (χ3v) is 5.21. The summed E-state index contributed by atoms with van der Waals surface area (Å²) in [7, 11) is 0. The van der Waals surface area contributed by atoms with E-state index in [2.05, 4.69) is 25.7 Å². The van der Waals surface area contributed by atoms with Gasteiger partial charge in [0.2, 0.25) is 11.8 Å². The molecule has 1 fully saturated rings. The topological polar surface area (TPSA) is 118 Å². The first-order chi connectivity index (χ1) is 15.3. The number of amides is 2. The van der Waals surface area contributed by atoms with E-state index >= 15 is 0 Å². The fourth-order valence-corrected chi connectivity index (χ4v) is 3.90. The van der Waals surface area contributed by atoms with Crippen LogP contribution in [0.2, 0.25) is 0 Å². The minimum atomic E-state index is -0.187. The number of anilines is 1. The Hall–Kier alpha value is -3.53. The molecule has 1 aliphatic rings. The van der Waals surface area contributed by atoms with Gasteiger partial charge in [-0.15, -0.1) is 0 Å². The van der Waals surface area contributed by atoms with Crippen LogP contribution >= 0.6 is 0 Å². The number of rotatable bonds is 6. The van der Waals surface area contributed by atoms with E-state index in [-0.39, 0.29) is 24.4 Å². The molecule has 1 aliphatic heterocycles. The third kappa shape index (κ3) is 5.02. The van der Waals surface area contributed by atoms with Gasteiger partial charge in [0, 0.05) is 37.8 Å². The van der Waals surface area contributed by atoms with Crippen LogP contribution in [0, 0.1) is 20.8 Å². The summed E-state index contributed by atoms with van der Waals surface area (Å²) < 4.78 is 7.41. The number of aromatic nitrogens is 4. The molecular formula is C22H27N7O3. The first kappa shape index (κ1) is 21.7. The van der Waals surface area contributed by atoms with Crippen LogP contribution in [0.25, 0.3) is 17.4 Å². The highest BCUT2D eigenvalue weighted by Crippen LogP contribution is 2.23. The van der Waals surface area contributed by atoms with Gasteiger partial charge >= 0.3 is 0 Å². The highest BCUT2D eigenvalue weighted by atomic mass is 16.3. The molecule has 2 N–H and O–H groups in total. The molecule has 0 unspecified atom stereocenters. The third-order valence-electron chi connectivity index (χ3n) is 5.21. The van der Waals surface area contributed by atoms with Crippen molar-refractivity contribution in [2.24, 2.45) is 0 Å². The molecule has 32 heavy (non-hydrogen) atoms. The summed E-state index contributed by atoms with van der Waals surface area (Å²) in [5.74, 6) is 2.29. The van der Waals surface area contributed by atoms with E-state index in [0.29, 0.717) is 29.8 Å². The molecule has 10 nitrogen and oxygen atoms in total. The standard InChI is InChI=1S/C22H27N7O3/c1-13-9-14(2)29(27-13)20-10-19(25-22(26-20)18-6-5-15(3)32-18)24-21(31)12-28-8-7-17(11-28)23-16(4)30/h5-6,9-10,17H,7-8,11-12H2,1-4H3,(H,23,30)(H,24,25,26,31)/t17-/m1/s1. The first-order valence-electron chi connectivity index (χ1n) is 10.6. The maximum absolute atomic E-state index is 12.7. The van der Waals surface area contributed by atoms with Gasteiger partial charge in [0.25, 0.3) is 0 Å². The lowest BCUT2D eigenvalue weighted by molar-refractivity contribution is -0.119. The van der Waals surface area contributed by atoms with Crippen LogP contribution in [0.1, 0.15) is 30.5 Å². The van der Waals surface area contributed by atoms with Gasteiger partial charge in [-0.05, 0) is 45.4 Å². The molecule has 2 amide bonds. The van der Waals surface area contributed by atoms with Crippen molar-refractivity contribution in [1.29, 1.82) is 0 Å². The number of likely N-dealkylation sites (tertiary alicyclic amines) is 1. The van der Waals surface area contributed by atoms with E-state index in [1.54, 1.807) is 16.8 Å². The van der Waals surface area contributed by atoms with Crippen molar-refractivity contribution in [3.05, 3.63) is 41.4 Å². The van der Waals surface area contributed by atoms with E-state index in [1.807, 2.05) is 37.8 Å². The smallest absolute Gasteiger partial charge is 0.239 e. The number of carbonyl (C=O) groups excluding carboxylic acids is 2. The summed E-state index contributed by atoms with van der Waals surface area (Å²) in [5, 5.41) is 10.3. The van der Waals surface area contributed by atoms with Gasteiger partial charge in [-0.1, -0.05) is 0 Å². The minimum absolute atomic E-state index is 0.0559. The number of nitrogens with one attached hydrogen (secondary N) is 2. The zero-order valence-corrected chi connectivity index (χ0v) is 18.7. The van der Waals surface area contributed by atoms with Gasteiger partial charge in [0.05, 0.1) is 12.2 Å². The molecular weight excluding hydrogens is 410 g/mol. The van der Waals surface area contributed by atoms with Crippen LogP contribution in [0.15, 0.2) is 28.7 Å². The minimum Gasteiger partial charge on any atom is -0.458 e. The second-order valence-electron chi connectivity index (χ2n) is 8.15. The van der Waals surface area contributed by atoms with Gasteiger partial charge in [0.15, 0.2) is 17.4 Å². The van der Waals surface area contributed by atoms with Gasteiger partial charge in [-0.3, -0.25) is 14.5 Å². The number of nitrogens with zero attached hydrogens (tertiary/aromatic N) is 5. The molecule has 0 aromatic carbocycles. The fourth-order valence-electron chi connectivity index (χ4n) is 3.90. The number of hydrogen-bond donors (Lipinski definition) is 2. The first-order valence-corrected chi connectivity index (χ1v) is 10.6. The molecule has 0 bridgehead atoms. The van der Waals surface area contributed by atoms with Crippen LogP contribution in [0.4, 0.5) is 5.82 Å². The molecule has 0 radical (unpaired) electrons. The number of furan rings is 1. The molecule has 1 atom stereocenters. The average Bonchev–Trinajstić information content (AvgIpc) is 3.41. The predicted octanol–water partition coefficient (Wildman–Crippen LogP) is 2.00. The van der Waals surface area contributed by atoms with Gasteiger partial charge in [0.1, 0.15) is 11.6 Å². The van der Waals surface area contributed by atoms with Crippen molar-refractivity contribution in [2.45, 2.75) is 40.2 Å². The zero-order chi connectivity index (χ0) is 22.8. The van der Waals surface area contributed by atoms with Gasteiger partial charge < -0.3 is 15.1 Å². The average molecular weight is 438 g/mol. The van der Waals surface area contributed by atoms with Crippen LogP contribution in [-0.4, -0.2) is 62.1 Å². The highest BCUT2D eigenvalue weighted by molar-refractivity contribution is 5.91. The Morgan fingerprint density at radius 3 is 2.66 bits per heavy atom. The lowest BCUT2D eigenvalue weighted by atomic mass is 10.3. The van der Waals surface area contributed by atoms with E-state index < -0.39 is 0 Å². The van der Waals surface area contributed by atoms with E-state index in [0.717, 1.165) is 30.1 Å². The summed E-state index contributed by atoms with van der Waals surface area (Å²) in [6.07, 6.45) is 0.824. The normalized spacial score (nSPS) is 16.3. The Morgan fingerprint density at radius 2 is 2.00 bits per heavy atom. The van der Waals surface area contributed by atoms with E-state index in [9.17, 15) is 9.59 Å². The lowest BCUT2D eigenvalue weighted by Crippen LogP contribution is -2.37. The van der Waals surface area contributed by atoms with Crippen molar-refractivity contribution < 1.29 is 14.0 Å². The maximum atomic E-state index is 12.7. The highest BCUT2D eigenvalue weighted by Gasteiger charge is 2.25. The molecule has 0 aliphatic carbocycles. The second kappa shape index (κ2) is 8.91. The molecule has 10 heteroatoms. The molecule has 0 saturated carbocycles. The Morgan fingerprint density at radius 1 is 1.19 bits per heavy atom. The fraction of sp³-hybridized carbons (Fsp3) is 0.409. The maximum Gasteiger partial charge on any atom is 0.239 e. The molecule has 4 rings (SSSR count). The second-order valence-corrected chi connectivity index (χ2v) is 8.15. The van der Waals surface area contributed by atoms with Crippen molar-refractivity contribution >= 4 is 17.6 Å². The summed E-state index contributed by atoms with van der Waals surface area (Å²) in [6, 6.07) is 7.36. The molecule has 3 aromatic rings.